The van der Waals surface area contributed by atoms with Crippen molar-refractivity contribution >= 4 is 23.4 Å². The zero-order chi connectivity index (χ0) is 23.5. The summed E-state index contributed by atoms with van der Waals surface area (Å²) in [5, 5.41) is 36.1. The van der Waals surface area contributed by atoms with E-state index in [4.69, 9.17) is 11.6 Å². The summed E-state index contributed by atoms with van der Waals surface area (Å²) in [5.41, 5.74) is 0.267. The van der Waals surface area contributed by atoms with Crippen molar-refractivity contribution in [1.82, 2.24) is 15.5 Å². The van der Waals surface area contributed by atoms with Gasteiger partial charge in [0, 0.05) is 36.9 Å². The summed E-state index contributed by atoms with van der Waals surface area (Å²) in [6.45, 7) is 0.137. The van der Waals surface area contributed by atoms with E-state index in [-0.39, 0.29) is 24.4 Å². The number of halogens is 3. The van der Waals surface area contributed by atoms with Gasteiger partial charge in [-0.1, -0.05) is 23.7 Å². The van der Waals surface area contributed by atoms with E-state index < -0.39 is 55.0 Å². The number of alkyl halides is 2. The van der Waals surface area contributed by atoms with Gasteiger partial charge in [0.15, 0.2) is 0 Å². The molecule has 11 heteroatoms. The molecular formula is C21H25ClF2N4O4. The van der Waals surface area contributed by atoms with Gasteiger partial charge in [0.1, 0.15) is 18.4 Å². The van der Waals surface area contributed by atoms with Gasteiger partial charge in [-0.2, -0.15) is 5.26 Å². The van der Waals surface area contributed by atoms with Gasteiger partial charge in [0.2, 0.25) is 11.8 Å². The fourth-order valence-corrected chi connectivity index (χ4v) is 4.32. The summed E-state index contributed by atoms with van der Waals surface area (Å²) in [7, 11) is 0. The fourth-order valence-electron chi connectivity index (χ4n) is 4.12. The fraction of sp³-hybridized carbons (Fsp3) is 0.571. The van der Waals surface area contributed by atoms with Crippen LogP contribution < -0.4 is 10.6 Å². The molecule has 1 aromatic rings. The van der Waals surface area contributed by atoms with Crippen LogP contribution in [-0.4, -0.2) is 64.3 Å². The number of amides is 2. The number of hydrogen-bond acceptors (Lipinski definition) is 6. The molecule has 32 heavy (non-hydrogen) atoms. The van der Waals surface area contributed by atoms with Crippen molar-refractivity contribution < 1.29 is 28.6 Å². The maximum Gasteiger partial charge on any atom is 0.251 e. The number of benzene rings is 1. The molecule has 0 aromatic heterocycles. The number of hydrogen-bond donors (Lipinski definition) is 4. The summed E-state index contributed by atoms with van der Waals surface area (Å²) in [6.07, 6.45) is -4.04. The first kappa shape index (κ1) is 24.3. The molecule has 0 radical (unpaired) electrons. The average molecular weight is 471 g/mol. The predicted octanol–water partition coefficient (Wildman–Crippen LogP) is 1.33. The second kappa shape index (κ2) is 10.1. The molecule has 0 spiro atoms. The average Bonchev–Trinajstić information content (AvgIpc) is 3.15. The number of nitrogens with zero attached hydrogens (tertiary/aromatic N) is 2. The highest BCUT2D eigenvalue weighted by atomic mass is 35.5. The Morgan fingerprint density at radius 3 is 2.81 bits per heavy atom. The van der Waals surface area contributed by atoms with E-state index in [9.17, 15) is 33.8 Å². The molecule has 0 aliphatic carbocycles. The lowest BCUT2D eigenvalue weighted by molar-refractivity contribution is -0.167. The maximum absolute atomic E-state index is 14.1. The number of carbonyl (C=O) groups excluding carboxylic acids is 2. The van der Waals surface area contributed by atoms with Gasteiger partial charge >= 0.3 is 0 Å². The number of rotatable bonds is 7. The Bertz CT molecular complexity index is 897. The largest absolute Gasteiger partial charge is 0.384 e. The Balaban J connectivity index is 1.74. The maximum atomic E-state index is 14.1. The molecule has 2 heterocycles. The van der Waals surface area contributed by atoms with E-state index in [0.717, 1.165) is 4.90 Å². The van der Waals surface area contributed by atoms with E-state index in [1.54, 1.807) is 12.1 Å². The van der Waals surface area contributed by atoms with Crippen LogP contribution in [-0.2, 0) is 9.59 Å². The highest BCUT2D eigenvalue weighted by molar-refractivity contribution is 6.30. The predicted molar refractivity (Wildman–Crippen MR) is 110 cm³/mol. The van der Waals surface area contributed by atoms with Gasteiger partial charge in [0.25, 0.3) is 5.92 Å². The van der Waals surface area contributed by atoms with Gasteiger partial charge in [-0.15, -0.1) is 0 Å². The van der Waals surface area contributed by atoms with E-state index in [1.165, 1.54) is 12.1 Å². The molecule has 1 aromatic carbocycles. The van der Waals surface area contributed by atoms with Crippen molar-refractivity contribution in [2.24, 2.45) is 5.92 Å². The van der Waals surface area contributed by atoms with Gasteiger partial charge < -0.3 is 20.8 Å². The summed E-state index contributed by atoms with van der Waals surface area (Å²) >= 11 is 5.92. The van der Waals surface area contributed by atoms with Gasteiger partial charge in [-0.05, 0) is 30.5 Å². The third kappa shape index (κ3) is 5.72. The standard InChI is InChI=1S/C21H25ClF2N4O4/c22-14-3-1-2-12(8-14)17(29)20(32)28-7-5-21(23,24)10-16(28)19(31)27-15(11-25)9-13-4-6-26-18(13)30/h1-3,8,13,15-17,20,29,32H,4-7,9-10H2,(H,26,30)(H,27,31)/t13-,15-,16-,17+,20?/m0/s1. The zero-order valence-electron chi connectivity index (χ0n) is 17.2. The number of piperidine rings is 1. The van der Waals surface area contributed by atoms with Crippen LogP contribution in [0, 0.1) is 17.2 Å². The number of nitrogens with one attached hydrogen (secondary N) is 2. The van der Waals surface area contributed by atoms with Gasteiger partial charge in [-0.3, -0.25) is 14.5 Å². The Morgan fingerprint density at radius 2 is 2.19 bits per heavy atom. The Hall–Kier alpha value is -2.32. The molecular weight excluding hydrogens is 446 g/mol. The summed E-state index contributed by atoms with van der Waals surface area (Å²) in [6, 6.07) is 5.46. The number of carbonyl (C=O) groups is 2. The van der Waals surface area contributed by atoms with Crippen molar-refractivity contribution in [1.29, 1.82) is 5.26 Å². The quantitative estimate of drug-likeness (QED) is 0.476. The van der Waals surface area contributed by atoms with E-state index >= 15 is 0 Å². The second-order valence-corrected chi connectivity index (χ2v) is 8.62. The lowest BCUT2D eigenvalue weighted by atomic mass is 9.94. The summed E-state index contributed by atoms with van der Waals surface area (Å²) in [4.78, 5) is 25.8. The summed E-state index contributed by atoms with van der Waals surface area (Å²) in [5.74, 6) is -4.68. The Labute approximate surface area is 189 Å². The molecule has 4 N–H and O–H groups in total. The van der Waals surface area contributed by atoms with E-state index in [0.29, 0.717) is 18.0 Å². The summed E-state index contributed by atoms with van der Waals surface area (Å²) < 4.78 is 28.3. The molecule has 1 unspecified atom stereocenters. The van der Waals surface area contributed by atoms with Crippen LogP contribution in [0.2, 0.25) is 5.02 Å². The molecule has 2 aliphatic rings. The first-order valence-electron chi connectivity index (χ1n) is 10.3. The van der Waals surface area contributed by atoms with Gasteiger partial charge in [0.05, 0.1) is 12.1 Å². The van der Waals surface area contributed by atoms with Crippen LogP contribution in [0.25, 0.3) is 0 Å². The molecule has 2 aliphatic heterocycles. The molecule has 174 valence electrons. The molecule has 2 fully saturated rings. The third-order valence-corrected chi connectivity index (χ3v) is 6.13. The molecule has 8 nitrogen and oxygen atoms in total. The second-order valence-electron chi connectivity index (χ2n) is 8.18. The molecule has 0 saturated carbocycles. The first-order valence-corrected chi connectivity index (χ1v) is 10.7. The smallest absolute Gasteiger partial charge is 0.251 e. The van der Waals surface area contributed by atoms with Crippen molar-refractivity contribution in [3.63, 3.8) is 0 Å². The lowest BCUT2D eigenvalue weighted by Crippen LogP contribution is -2.59. The minimum atomic E-state index is -3.15. The SMILES string of the molecule is N#C[C@H](C[C@@H]1CCNC1=O)NC(=O)[C@@H]1CC(F)(F)CCN1C(O)[C@H](O)c1cccc(Cl)c1. The molecule has 2 saturated heterocycles. The zero-order valence-corrected chi connectivity index (χ0v) is 17.9. The van der Waals surface area contributed by atoms with E-state index in [1.807, 2.05) is 6.07 Å². The number of nitriles is 1. The van der Waals surface area contributed by atoms with Crippen molar-refractivity contribution in [3.8, 4) is 6.07 Å². The van der Waals surface area contributed by atoms with Crippen LogP contribution in [0.4, 0.5) is 8.78 Å². The number of aliphatic hydroxyl groups is 2. The minimum absolute atomic E-state index is 0.0604. The van der Waals surface area contributed by atoms with Crippen molar-refractivity contribution in [2.75, 3.05) is 13.1 Å². The molecule has 5 atom stereocenters. The lowest BCUT2D eigenvalue weighted by Gasteiger charge is -2.42. The van der Waals surface area contributed by atoms with Gasteiger partial charge in [-0.25, -0.2) is 8.78 Å². The van der Waals surface area contributed by atoms with E-state index in [2.05, 4.69) is 10.6 Å². The molecule has 3 rings (SSSR count). The number of likely N-dealkylation sites (tertiary alicyclic amines) is 1. The van der Waals surface area contributed by atoms with Crippen molar-refractivity contribution in [3.05, 3.63) is 34.9 Å². The third-order valence-electron chi connectivity index (χ3n) is 5.90. The van der Waals surface area contributed by atoms with Crippen LogP contribution in [0.5, 0.6) is 0 Å². The monoisotopic (exact) mass is 470 g/mol. The highest BCUT2D eigenvalue weighted by Gasteiger charge is 2.47. The topological polar surface area (TPSA) is 126 Å². The van der Waals surface area contributed by atoms with Crippen molar-refractivity contribution in [2.45, 2.75) is 56.0 Å². The Morgan fingerprint density at radius 1 is 1.44 bits per heavy atom. The first-order chi connectivity index (χ1) is 15.1. The normalized spacial score (nSPS) is 25.9. The van der Waals surface area contributed by atoms with Crippen LogP contribution >= 0.6 is 11.6 Å². The van der Waals surface area contributed by atoms with Crippen LogP contribution in [0.1, 0.15) is 37.4 Å². The minimum Gasteiger partial charge on any atom is -0.384 e. The van der Waals surface area contributed by atoms with Crippen LogP contribution in [0.3, 0.4) is 0 Å². The van der Waals surface area contributed by atoms with Crippen LogP contribution in [0.15, 0.2) is 24.3 Å². The highest BCUT2D eigenvalue weighted by Crippen LogP contribution is 2.35. The Kier molecular flexibility index (Phi) is 7.67. The molecule has 2 amide bonds. The number of aliphatic hydroxyl groups excluding tert-OH is 2. The molecule has 0 bridgehead atoms.